The van der Waals surface area contributed by atoms with Crippen molar-refractivity contribution in [3.8, 4) is 11.9 Å². The molecule has 0 amide bonds. The summed E-state index contributed by atoms with van der Waals surface area (Å²) in [6.07, 6.45) is 1.81. The van der Waals surface area contributed by atoms with Crippen LogP contribution in [-0.4, -0.2) is 17.7 Å². The first kappa shape index (κ1) is 20.8. The van der Waals surface area contributed by atoms with E-state index < -0.39 is 0 Å². The van der Waals surface area contributed by atoms with Crippen LogP contribution in [-0.2, 0) is 12.0 Å². The zero-order chi connectivity index (χ0) is 20.2. The number of benzene rings is 1. The van der Waals surface area contributed by atoms with Crippen LogP contribution in [0.1, 0.15) is 45.9 Å². The van der Waals surface area contributed by atoms with Gasteiger partial charge in [0.2, 0.25) is 6.19 Å². The Hall–Kier alpha value is -2.52. The van der Waals surface area contributed by atoms with E-state index in [2.05, 4.69) is 44.6 Å². The molecule has 0 spiro atoms. The summed E-state index contributed by atoms with van der Waals surface area (Å²) in [6.45, 7) is 11.1. The van der Waals surface area contributed by atoms with Gasteiger partial charge in [0.25, 0.3) is 0 Å². The lowest BCUT2D eigenvalue weighted by atomic mass is 9.94. The van der Waals surface area contributed by atoms with E-state index in [1.165, 1.54) is 0 Å². The van der Waals surface area contributed by atoms with E-state index >= 15 is 0 Å². The average molecular weight is 389 g/mol. The summed E-state index contributed by atoms with van der Waals surface area (Å²) in [5, 5.41) is 9.66. The monoisotopic (exact) mass is 388 g/mol. The molecule has 0 fully saturated rings. The molecule has 0 unspecified atom stereocenters. The van der Waals surface area contributed by atoms with Gasteiger partial charge in [-0.3, -0.25) is 0 Å². The number of rotatable bonds is 4. The molecule has 0 radical (unpaired) electrons. The third-order valence-corrected chi connectivity index (χ3v) is 4.01. The number of aliphatic imine (C=N–C) groups is 1. The fraction of sp³-hybridized carbons (Fsp3) is 0.450. The number of ether oxygens (including phenoxy) is 1. The van der Waals surface area contributed by atoms with Gasteiger partial charge in [-0.05, 0) is 24.1 Å². The Morgan fingerprint density at radius 1 is 1.33 bits per heavy atom. The van der Waals surface area contributed by atoms with Crippen LogP contribution in [0.3, 0.4) is 0 Å². The Labute approximate surface area is 164 Å². The number of halogens is 1. The molecule has 7 heteroatoms. The molecule has 1 heterocycles. The van der Waals surface area contributed by atoms with Crippen LogP contribution >= 0.6 is 11.6 Å². The van der Waals surface area contributed by atoms with E-state index in [1.807, 2.05) is 12.3 Å². The van der Waals surface area contributed by atoms with Gasteiger partial charge in [0.1, 0.15) is 11.5 Å². The van der Waals surface area contributed by atoms with Gasteiger partial charge in [-0.25, -0.2) is 4.99 Å². The van der Waals surface area contributed by atoms with Gasteiger partial charge in [0.15, 0.2) is 11.3 Å². The molecule has 0 bridgehead atoms. The van der Waals surface area contributed by atoms with Crippen LogP contribution < -0.4 is 10.2 Å². The summed E-state index contributed by atoms with van der Waals surface area (Å²) in [5.41, 5.74) is 0.957. The van der Waals surface area contributed by atoms with E-state index in [9.17, 15) is 0 Å². The van der Waals surface area contributed by atoms with Crippen LogP contribution in [0.4, 0.5) is 0 Å². The molecule has 2 aromatic rings. The summed E-state index contributed by atoms with van der Waals surface area (Å²) < 4.78 is 13.1. The summed E-state index contributed by atoms with van der Waals surface area (Å²) in [4.78, 5) is 8.51. The fourth-order valence-corrected chi connectivity index (χ4v) is 2.61. The second-order valence-electron chi connectivity index (χ2n) is 7.65. The van der Waals surface area contributed by atoms with Gasteiger partial charge in [-0.1, -0.05) is 46.2 Å². The quantitative estimate of drug-likeness (QED) is 0.438. The molecule has 0 aliphatic carbocycles. The van der Waals surface area contributed by atoms with Crippen LogP contribution in [0.5, 0.6) is 5.75 Å². The molecule has 6 nitrogen and oxygen atoms in total. The van der Waals surface area contributed by atoms with Gasteiger partial charge < -0.3 is 9.26 Å². The second kappa shape index (κ2) is 8.45. The molecule has 144 valence electrons. The number of nitriles is 1. The highest BCUT2D eigenvalue weighted by Crippen LogP contribution is 2.24. The number of methoxy groups -OCH3 is 1. The van der Waals surface area contributed by atoms with Crippen molar-refractivity contribution in [3.05, 3.63) is 46.1 Å². The van der Waals surface area contributed by atoms with Crippen molar-refractivity contribution in [2.45, 2.75) is 46.6 Å². The SMILES string of the molecule is COc1ccc(Cl)cc1C(=NC#N)N=c1cc(C(C)(C)C)on1CC(C)C. The van der Waals surface area contributed by atoms with E-state index in [-0.39, 0.29) is 11.3 Å². The molecule has 2 rings (SSSR count). The third kappa shape index (κ3) is 5.24. The molecule has 1 aromatic heterocycles. The van der Waals surface area contributed by atoms with Crippen molar-refractivity contribution in [1.82, 2.24) is 4.74 Å². The largest absolute Gasteiger partial charge is 0.496 e. The van der Waals surface area contributed by atoms with Crippen molar-refractivity contribution in [2.75, 3.05) is 7.11 Å². The van der Waals surface area contributed by atoms with E-state index in [1.54, 1.807) is 30.0 Å². The first-order valence-electron chi connectivity index (χ1n) is 8.72. The first-order chi connectivity index (χ1) is 12.7. The highest BCUT2D eigenvalue weighted by Gasteiger charge is 2.21. The van der Waals surface area contributed by atoms with Gasteiger partial charge in [0, 0.05) is 16.5 Å². The lowest BCUT2D eigenvalue weighted by Crippen LogP contribution is -2.20. The minimum atomic E-state index is -0.174. The predicted octanol–water partition coefficient (Wildman–Crippen LogP) is 4.53. The molecule has 0 saturated carbocycles. The zero-order valence-electron chi connectivity index (χ0n) is 16.6. The van der Waals surface area contributed by atoms with E-state index in [0.717, 1.165) is 5.76 Å². The minimum absolute atomic E-state index is 0.174. The van der Waals surface area contributed by atoms with Crippen LogP contribution in [0.15, 0.2) is 38.8 Å². The summed E-state index contributed by atoms with van der Waals surface area (Å²) in [6, 6.07) is 6.99. The van der Waals surface area contributed by atoms with E-state index in [0.29, 0.717) is 34.3 Å². The molecule has 0 saturated heterocycles. The maximum absolute atomic E-state index is 9.16. The summed E-state index contributed by atoms with van der Waals surface area (Å²) in [7, 11) is 1.55. The fourth-order valence-electron chi connectivity index (χ4n) is 2.44. The average Bonchev–Trinajstić information content (AvgIpc) is 2.96. The van der Waals surface area contributed by atoms with Crippen molar-refractivity contribution in [1.29, 1.82) is 5.26 Å². The Morgan fingerprint density at radius 2 is 2.04 bits per heavy atom. The number of hydrogen-bond donors (Lipinski definition) is 0. The zero-order valence-corrected chi connectivity index (χ0v) is 17.3. The highest BCUT2D eigenvalue weighted by molar-refractivity contribution is 6.31. The number of hydrogen-bond acceptors (Lipinski definition) is 4. The van der Waals surface area contributed by atoms with Gasteiger partial charge in [-0.2, -0.15) is 15.0 Å². The summed E-state index contributed by atoms with van der Waals surface area (Å²) >= 11 is 6.13. The molecular formula is C20H25ClN4O2. The number of nitrogens with zero attached hydrogens (tertiary/aromatic N) is 4. The van der Waals surface area contributed by atoms with Gasteiger partial charge >= 0.3 is 0 Å². The van der Waals surface area contributed by atoms with Crippen LogP contribution in [0.2, 0.25) is 5.02 Å². The normalized spacial score (nSPS) is 13.1. The lowest BCUT2D eigenvalue weighted by molar-refractivity contribution is 0.199. The Kier molecular flexibility index (Phi) is 6.50. The maximum Gasteiger partial charge on any atom is 0.207 e. The molecule has 0 N–H and O–H groups in total. The molecule has 0 atom stereocenters. The lowest BCUT2D eigenvalue weighted by Gasteiger charge is -2.13. The first-order valence-corrected chi connectivity index (χ1v) is 9.10. The van der Waals surface area contributed by atoms with E-state index in [4.69, 9.17) is 26.1 Å². The topological polar surface area (TPSA) is 75.8 Å². The standard InChI is InChI=1S/C20H25ClN4O2/c1-13(2)11-25-18(10-17(27-25)20(3,4)5)24-19(23-12-22)15-9-14(21)7-8-16(15)26-6/h7-10,13H,11H2,1-6H3. The number of amidine groups is 1. The highest BCUT2D eigenvalue weighted by atomic mass is 35.5. The minimum Gasteiger partial charge on any atom is -0.496 e. The Morgan fingerprint density at radius 3 is 2.59 bits per heavy atom. The van der Waals surface area contributed by atoms with Gasteiger partial charge in [0.05, 0.1) is 19.2 Å². The van der Waals surface area contributed by atoms with Crippen molar-refractivity contribution in [2.24, 2.45) is 15.9 Å². The molecular weight excluding hydrogens is 364 g/mol. The Bertz CT molecular complexity index is 940. The number of aromatic nitrogens is 1. The van der Waals surface area contributed by atoms with Crippen molar-refractivity contribution < 1.29 is 9.26 Å². The van der Waals surface area contributed by atoms with Crippen LogP contribution in [0.25, 0.3) is 0 Å². The molecule has 0 aliphatic heterocycles. The third-order valence-electron chi connectivity index (χ3n) is 3.77. The van der Waals surface area contributed by atoms with Crippen LogP contribution in [0, 0.1) is 17.4 Å². The molecule has 0 aliphatic rings. The maximum atomic E-state index is 9.16. The van der Waals surface area contributed by atoms with Crippen molar-refractivity contribution >= 4 is 17.4 Å². The Balaban J connectivity index is 2.69. The van der Waals surface area contributed by atoms with Gasteiger partial charge in [-0.15, -0.1) is 0 Å². The predicted molar refractivity (Wildman–Crippen MR) is 106 cm³/mol. The summed E-state index contributed by atoms with van der Waals surface area (Å²) in [5.74, 6) is 1.92. The van der Waals surface area contributed by atoms with Crippen molar-refractivity contribution in [3.63, 3.8) is 0 Å². The molecule has 27 heavy (non-hydrogen) atoms. The smallest absolute Gasteiger partial charge is 0.207 e. The second-order valence-corrected chi connectivity index (χ2v) is 8.09. The molecule has 1 aromatic carbocycles.